The maximum absolute atomic E-state index is 8.39. The van der Waals surface area contributed by atoms with Gasteiger partial charge in [0.2, 0.25) is 0 Å². The Morgan fingerprint density at radius 2 is 2.60 bits per heavy atom. The van der Waals surface area contributed by atoms with Crippen LogP contribution >= 0.6 is 0 Å². The van der Waals surface area contributed by atoms with Crippen molar-refractivity contribution in [2.24, 2.45) is 0 Å². The predicted molar refractivity (Wildman–Crippen MR) is 35.8 cm³/mol. The van der Waals surface area contributed by atoms with Gasteiger partial charge in [0, 0.05) is 13.0 Å². The Hall–Kier alpha value is -1.03. The summed E-state index contributed by atoms with van der Waals surface area (Å²) in [7, 11) is 0. The van der Waals surface area contributed by atoms with Gasteiger partial charge in [0.15, 0.2) is 5.75 Å². The average molecular weight is 142 g/mol. The number of aromatic amines is 1. The third-order valence-electron chi connectivity index (χ3n) is 1.04. The second-order valence-electron chi connectivity index (χ2n) is 1.86. The first-order chi connectivity index (χ1) is 4.93. The average Bonchev–Trinajstić information content (AvgIpc) is 2.41. The molecule has 0 aromatic carbocycles. The van der Waals surface area contributed by atoms with Crippen molar-refractivity contribution in [3.05, 3.63) is 12.4 Å². The molecule has 0 atom stereocenters. The Morgan fingerprint density at radius 1 is 1.70 bits per heavy atom. The molecule has 0 saturated heterocycles. The van der Waals surface area contributed by atoms with Gasteiger partial charge in [0.25, 0.3) is 0 Å². The molecule has 4 heteroatoms. The molecule has 0 unspecified atom stereocenters. The molecule has 0 aliphatic heterocycles. The van der Waals surface area contributed by atoms with Gasteiger partial charge < -0.3 is 9.84 Å². The second-order valence-corrected chi connectivity index (χ2v) is 1.86. The number of rotatable bonds is 4. The lowest BCUT2D eigenvalue weighted by Crippen LogP contribution is -1.98. The Balaban J connectivity index is 2.15. The van der Waals surface area contributed by atoms with E-state index < -0.39 is 0 Å². The van der Waals surface area contributed by atoms with E-state index in [-0.39, 0.29) is 6.61 Å². The van der Waals surface area contributed by atoms with Crippen molar-refractivity contribution < 1.29 is 9.84 Å². The highest BCUT2D eigenvalue weighted by Gasteiger charge is 1.91. The smallest absolute Gasteiger partial charge is 0.156 e. The molecule has 0 aliphatic carbocycles. The van der Waals surface area contributed by atoms with Crippen LogP contribution in [0, 0.1) is 0 Å². The maximum Gasteiger partial charge on any atom is 0.156 e. The fourth-order valence-electron chi connectivity index (χ4n) is 0.573. The molecule has 0 bridgehead atoms. The Labute approximate surface area is 58.8 Å². The molecule has 10 heavy (non-hydrogen) atoms. The van der Waals surface area contributed by atoms with Crippen molar-refractivity contribution in [1.82, 2.24) is 10.2 Å². The van der Waals surface area contributed by atoms with Crippen LogP contribution in [-0.4, -0.2) is 28.5 Å². The van der Waals surface area contributed by atoms with E-state index in [2.05, 4.69) is 10.2 Å². The van der Waals surface area contributed by atoms with E-state index in [9.17, 15) is 0 Å². The zero-order valence-electron chi connectivity index (χ0n) is 5.58. The van der Waals surface area contributed by atoms with Crippen LogP contribution in [0.25, 0.3) is 0 Å². The van der Waals surface area contributed by atoms with E-state index in [4.69, 9.17) is 9.84 Å². The summed E-state index contributed by atoms with van der Waals surface area (Å²) in [6, 6.07) is 0. The third-order valence-corrected chi connectivity index (χ3v) is 1.04. The summed E-state index contributed by atoms with van der Waals surface area (Å²) < 4.78 is 5.13. The van der Waals surface area contributed by atoms with E-state index in [1.54, 1.807) is 12.4 Å². The molecule has 0 radical (unpaired) electrons. The lowest BCUT2D eigenvalue weighted by atomic mass is 10.5. The summed E-state index contributed by atoms with van der Waals surface area (Å²) in [6.07, 6.45) is 3.92. The number of nitrogens with one attached hydrogen (secondary N) is 1. The van der Waals surface area contributed by atoms with Gasteiger partial charge >= 0.3 is 0 Å². The molecule has 0 saturated carbocycles. The Morgan fingerprint density at radius 3 is 3.20 bits per heavy atom. The van der Waals surface area contributed by atoms with Crippen molar-refractivity contribution in [2.75, 3.05) is 13.2 Å². The van der Waals surface area contributed by atoms with E-state index in [0.717, 1.165) is 0 Å². The summed E-state index contributed by atoms with van der Waals surface area (Å²) in [5.74, 6) is 0.716. The van der Waals surface area contributed by atoms with Crippen molar-refractivity contribution in [3.63, 3.8) is 0 Å². The number of nitrogens with zero attached hydrogens (tertiary/aromatic N) is 1. The maximum atomic E-state index is 8.39. The zero-order chi connectivity index (χ0) is 7.23. The topological polar surface area (TPSA) is 58.1 Å². The SMILES string of the molecule is OCCCOc1cn[nH]c1. The minimum Gasteiger partial charge on any atom is -0.490 e. The third kappa shape index (κ3) is 2.06. The summed E-state index contributed by atoms with van der Waals surface area (Å²) in [5.41, 5.74) is 0. The molecule has 1 heterocycles. The van der Waals surface area contributed by atoms with E-state index in [1.165, 1.54) is 0 Å². The molecule has 1 aromatic rings. The number of aromatic nitrogens is 2. The van der Waals surface area contributed by atoms with Crippen LogP contribution in [0.3, 0.4) is 0 Å². The lowest BCUT2D eigenvalue weighted by Gasteiger charge is -1.98. The number of aliphatic hydroxyl groups excluding tert-OH is 1. The number of hydrogen-bond donors (Lipinski definition) is 2. The zero-order valence-corrected chi connectivity index (χ0v) is 5.58. The second kappa shape index (κ2) is 3.90. The monoisotopic (exact) mass is 142 g/mol. The van der Waals surface area contributed by atoms with Crippen molar-refractivity contribution >= 4 is 0 Å². The quantitative estimate of drug-likeness (QED) is 0.589. The van der Waals surface area contributed by atoms with Gasteiger partial charge in [-0.15, -0.1) is 0 Å². The van der Waals surface area contributed by atoms with E-state index in [1.807, 2.05) is 0 Å². The van der Waals surface area contributed by atoms with Gasteiger partial charge in [0.1, 0.15) is 0 Å². The Kier molecular flexibility index (Phi) is 2.76. The van der Waals surface area contributed by atoms with Crippen molar-refractivity contribution in [2.45, 2.75) is 6.42 Å². The molecule has 1 aromatic heterocycles. The summed E-state index contributed by atoms with van der Waals surface area (Å²) in [4.78, 5) is 0. The standard InChI is InChI=1S/C6H10N2O2/c9-2-1-3-10-6-4-7-8-5-6/h4-5,9H,1-3H2,(H,7,8). The van der Waals surface area contributed by atoms with Gasteiger partial charge in [-0.05, 0) is 0 Å². The summed E-state index contributed by atoms with van der Waals surface area (Å²) in [5, 5.41) is 14.7. The van der Waals surface area contributed by atoms with Gasteiger partial charge in [-0.1, -0.05) is 0 Å². The molecule has 56 valence electrons. The molecule has 0 aliphatic rings. The first kappa shape index (κ1) is 7.08. The van der Waals surface area contributed by atoms with Crippen molar-refractivity contribution in [3.8, 4) is 5.75 Å². The number of ether oxygens (including phenoxy) is 1. The van der Waals surface area contributed by atoms with Crippen LogP contribution in [0.15, 0.2) is 12.4 Å². The highest BCUT2D eigenvalue weighted by molar-refractivity contribution is 5.09. The first-order valence-corrected chi connectivity index (χ1v) is 3.16. The molecular weight excluding hydrogens is 132 g/mol. The molecule has 1 rings (SSSR count). The minimum atomic E-state index is 0.165. The Bertz CT molecular complexity index is 162. The predicted octanol–water partition coefficient (Wildman–Crippen LogP) is 0.171. The number of aliphatic hydroxyl groups is 1. The van der Waals surface area contributed by atoms with Crippen LogP contribution in [0.2, 0.25) is 0 Å². The largest absolute Gasteiger partial charge is 0.490 e. The molecule has 0 spiro atoms. The summed E-state index contributed by atoms with van der Waals surface area (Å²) in [6.45, 7) is 0.702. The fourth-order valence-corrected chi connectivity index (χ4v) is 0.573. The molecule has 4 nitrogen and oxygen atoms in total. The first-order valence-electron chi connectivity index (χ1n) is 3.16. The van der Waals surface area contributed by atoms with Crippen LogP contribution in [0.4, 0.5) is 0 Å². The van der Waals surface area contributed by atoms with Gasteiger partial charge in [-0.3, -0.25) is 5.10 Å². The van der Waals surface area contributed by atoms with Crippen LogP contribution in [0.1, 0.15) is 6.42 Å². The highest BCUT2D eigenvalue weighted by atomic mass is 16.5. The van der Waals surface area contributed by atoms with Gasteiger partial charge in [0.05, 0.1) is 19.0 Å². The van der Waals surface area contributed by atoms with E-state index in [0.29, 0.717) is 18.8 Å². The fraction of sp³-hybridized carbons (Fsp3) is 0.500. The van der Waals surface area contributed by atoms with E-state index >= 15 is 0 Å². The summed E-state index contributed by atoms with van der Waals surface area (Å²) >= 11 is 0. The molecule has 2 N–H and O–H groups in total. The highest BCUT2D eigenvalue weighted by Crippen LogP contribution is 2.04. The lowest BCUT2D eigenvalue weighted by molar-refractivity contribution is 0.233. The number of hydrogen-bond acceptors (Lipinski definition) is 3. The molecule has 0 amide bonds. The van der Waals surface area contributed by atoms with Gasteiger partial charge in [-0.2, -0.15) is 5.10 Å². The molecular formula is C6H10N2O2. The normalized spacial score (nSPS) is 9.70. The van der Waals surface area contributed by atoms with Crippen molar-refractivity contribution in [1.29, 1.82) is 0 Å². The van der Waals surface area contributed by atoms with Crippen LogP contribution < -0.4 is 4.74 Å². The van der Waals surface area contributed by atoms with Gasteiger partial charge in [-0.25, -0.2) is 0 Å². The minimum absolute atomic E-state index is 0.165. The van der Waals surface area contributed by atoms with Crippen LogP contribution in [-0.2, 0) is 0 Å². The molecule has 0 fully saturated rings. The van der Waals surface area contributed by atoms with Crippen LogP contribution in [0.5, 0.6) is 5.75 Å². The number of H-pyrrole nitrogens is 1.